The first kappa shape index (κ1) is 16.4. The Bertz CT molecular complexity index is 690. The van der Waals surface area contributed by atoms with Crippen LogP contribution in [0.5, 0.6) is 0 Å². The molecule has 0 bridgehead atoms. The van der Waals surface area contributed by atoms with Gasteiger partial charge in [-0.15, -0.1) is 0 Å². The molecule has 0 aromatic heterocycles. The van der Waals surface area contributed by atoms with E-state index in [2.05, 4.69) is 4.90 Å². The van der Waals surface area contributed by atoms with Gasteiger partial charge in [-0.25, -0.2) is 12.8 Å². The third-order valence-electron chi connectivity index (χ3n) is 5.24. The van der Waals surface area contributed by atoms with Crippen LogP contribution < -0.4 is 0 Å². The Morgan fingerprint density at radius 1 is 1.12 bits per heavy atom. The molecule has 24 heavy (non-hydrogen) atoms. The van der Waals surface area contributed by atoms with Gasteiger partial charge < -0.3 is 9.64 Å². The van der Waals surface area contributed by atoms with Crippen molar-refractivity contribution < 1.29 is 17.5 Å². The lowest BCUT2D eigenvalue weighted by atomic mass is 10.1. The maximum absolute atomic E-state index is 13.1. The molecule has 1 saturated carbocycles. The summed E-state index contributed by atoms with van der Waals surface area (Å²) < 4.78 is 46.0. The van der Waals surface area contributed by atoms with Crippen molar-refractivity contribution in [2.45, 2.75) is 23.8 Å². The second kappa shape index (κ2) is 6.37. The van der Waals surface area contributed by atoms with Crippen LogP contribution in [0.25, 0.3) is 0 Å². The zero-order valence-corrected chi connectivity index (χ0v) is 14.4. The van der Waals surface area contributed by atoms with E-state index in [4.69, 9.17) is 4.74 Å². The zero-order chi connectivity index (χ0) is 16.7. The van der Waals surface area contributed by atoms with Crippen LogP contribution in [0.1, 0.15) is 12.8 Å². The van der Waals surface area contributed by atoms with Gasteiger partial charge in [-0.1, -0.05) is 0 Å². The van der Waals surface area contributed by atoms with E-state index in [9.17, 15) is 12.8 Å². The topological polar surface area (TPSA) is 49.9 Å². The van der Waals surface area contributed by atoms with Gasteiger partial charge in [-0.05, 0) is 43.0 Å². The van der Waals surface area contributed by atoms with E-state index in [0.717, 1.165) is 25.6 Å². The van der Waals surface area contributed by atoms with Gasteiger partial charge in [0.1, 0.15) is 5.82 Å². The highest BCUT2D eigenvalue weighted by atomic mass is 32.2. The smallest absolute Gasteiger partial charge is 0.243 e. The first-order valence-corrected chi connectivity index (χ1v) is 10.1. The standard InChI is InChI=1S/C17H23FN2O3S/c18-15-3-5-16(6-4-15)24(21,22)20-11-14-10-19(9-13-1-2-13)7-8-23-17(14)12-20/h3-6,13-14,17H,1-2,7-12H2/t14-,17+/m0/s1. The van der Waals surface area contributed by atoms with Crippen molar-refractivity contribution in [1.29, 1.82) is 0 Å². The van der Waals surface area contributed by atoms with Crippen LogP contribution in [0.4, 0.5) is 4.39 Å². The van der Waals surface area contributed by atoms with Crippen LogP contribution in [0.15, 0.2) is 29.2 Å². The molecular weight excluding hydrogens is 331 g/mol. The fourth-order valence-corrected chi connectivity index (χ4v) is 5.22. The molecule has 3 aliphatic rings. The molecule has 132 valence electrons. The number of fused-ring (bicyclic) bond motifs is 1. The summed E-state index contributed by atoms with van der Waals surface area (Å²) in [5.41, 5.74) is 0. The second-order valence-corrected chi connectivity index (χ2v) is 9.09. The number of ether oxygens (including phenoxy) is 1. The molecule has 0 spiro atoms. The van der Waals surface area contributed by atoms with Crippen LogP contribution in [-0.2, 0) is 14.8 Å². The number of nitrogens with zero attached hydrogens (tertiary/aromatic N) is 2. The lowest BCUT2D eigenvalue weighted by Gasteiger charge is -2.23. The van der Waals surface area contributed by atoms with Crippen LogP contribution in [0.3, 0.4) is 0 Å². The van der Waals surface area contributed by atoms with E-state index >= 15 is 0 Å². The van der Waals surface area contributed by atoms with E-state index in [1.54, 1.807) is 0 Å². The van der Waals surface area contributed by atoms with E-state index in [0.29, 0.717) is 19.7 Å². The normalized spacial score (nSPS) is 29.4. The number of hydrogen-bond acceptors (Lipinski definition) is 4. The van der Waals surface area contributed by atoms with E-state index in [-0.39, 0.29) is 16.9 Å². The fraction of sp³-hybridized carbons (Fsp3) is 0.647. The van der Waals surface area contributed by atoms with Crippen molar-refractivity contribution in [3.8, 4) is 0 Å². The summed E-state index contributed by atoms with van der Waals surface area (Å²) >= 11 is 0. The summed E-state index contributed by atoms with van der Waals surface area (Å²) in [6.45, 7) is 4.48. The van der Waals surface area contributed by atoms with E-state index < -0.39 is 15.8 Å². The Kier molecular flexibility index (Phi) is 4.36. The summed E-state index contributed by atoms with van der Waals surface area (Å²) in [6, 6.07) is 5.04. The summed E-state index contributed by atoms with van der Waals surface area (Å²) in [4.78, 5) is 2.58. The lowest BCUT2D eigenvalue weighted by molar-refractivity contribution is 0.0547. The molecule has 1 aromatic rings. The average Bonchev–Trinajstić information content (AvgIpc) is 3.31. The molecular formula is C17H23FN2O3S. The van der Waals surface area contributed by atoms with Crippen LogP contribution in [0.2, 0.25) is 0 Å². The molecule has 4 rings (SSSR count). The third kappa shape index (κ3) is 3.35. The first-order valence-electron chi connectivity index (χ1n) is 8.62. The fourth-order valence-electron chi connectivity index (χ4n) is 3.71. The largest absolute Gasteiger partial charge is 0.375 e. The van der Waals surface area contributed by atoms with Gasteiger partial charge in [0.25, 0.3) is 0 Å². The molecule has 0 radical (unpaired) electrons. The summed E-state index contributed by atoms with van der Waals surface area (Å²) in [6.07, 6.45) is 2.59. The van der Waals surface area contributed by atoms with Gasteiger partial charge in [0.2, 0.25) is 10.0 Å². The molecule has 1 aromatic carbocycles. The maximum Gasteiger partial charge on any atom is 0.243 e. The van der Waals surface area contributed by atoms with Crippen molar-refractivity contribution >= 4 is 10.0 Å². The van der Waals surface area contributed by atoms with E-state index in [1.807, 2.05) is 0 Å². The number of hydrogen-bond donors (Lipinski definition) is 0. The number of halogens is 1. The Labute approximate surface area is 142 Å². The van der Waals surface area contributed by atoms with Gasteiger partial charge in [0.05, 0.1) is 17.6 Å². The van der Waals surface area contributed by atoms with Crippen molar-refractivity contribution in [3.63, 3.8) is 0 Å². The molecule has 3 fully saturated rings. The van der Waals surface area contributed by atoms with Gasteiger partial charge in [-0.3, -0.25) is 0 Å². The van der Waals surface area contributed by atoms with Gasteiger partial charge in [0, 0.05) is 38.6 Å². The molecule has 2 heterocycles. The Morgan fingerprint density at radius 3 is 2.58 bits per heavy atom. The van der Waals surface area contributed by atoms with Crippen LogP contribution in [-0.4, -0.2) is 63.1 Å². The van der Waals surface area contributed by atoms with Crippen LogP contribution in [0, 0.1) is 17.7 Å². The van der Waals surface area contributed by atoms with Crippen molar-refractivity contribution in [2.24, 2.45) is 11.8 Å². The molecule has 2 saturated heterocycles. The molecule has 0 N–H and O–H groups in total. The highest BCUT2D eigenvalue weighted by molar-refractivity contribution is 7.89. The summed E-state index contributed by atoms with van der Waals surface area (Å²) in [5.74, 6) is 0.600. The Hall–Kier alpha value is -1.02. The van der Waals surface area contributed by atoms with Gasteiger partial charge in [0.15, 0.2) is 0 Å². The van der Waals surface area contributed by atoms with Crippen molar-refractivity contribution in [3.05, 3.63) is 30.1 Å². The monoisotopic (exact) mass is 354 g/mol. The second-order valence-electron chi connectivity index (χ2n) is 7.15. The predicted molar refractivity (Wildman–Crippen MR) is 87.6 cm³/mol. The summed E-state index contributed by atoms with van der Waals surface area (Å²) in [7, 11) is -3.59. The Balaban J connectivity index is 1.47. The first-order chi connectivity index (χ1) is 11.5. The van der Waals surface area contributed by atoms with Gasteiger partial charge >= 0.3 is 0 Å². The van der Waals surface area contributed by atoms with Crippen molar-refractivity contribution in [1.82, 2.24) is 9.21 Å². The highest BCUT2D eigenvalue weighted by Gasteiger charge is 2.42. The summed E-state index contributed by atoms with van der Waals surface area (Å²) in [5, 5.41) is 0. The number of rotatable bonds is 4. The molecule has 1 aliphatic carbocycles. The maximum atomic E-state index is 13.1. The molecule has 2 atom stereocenters. The van der Waals surface area contributed by atoms with Crippen molar-refractivity contribution in [2.75, 3.05) is 39.3 Å². The number of sulfonamides is 1. The molecule has 7 heteroatoms. The minimum Gasteiger partial charge on any atom is -0.375 e. The Morgan fingerprint density at radius 2 is 1.88 bits per heavy atom. The molecule has 5 nitrogen and oxygen atoms in total. The average molecular weight is 354 g/mol. The zero-order valence-electron chi connectivity index (χ0n) is 13.6. The predicted octanol–water partition coefficient (Wildman–Crippen LogP) is 1.56. The minimum atomic E-state index is -3.59. The SMILES string of the molecule is O=S(=O)(c1ccc(F)cc1)N1C[C@@H]2CN(CC3CC3)CCO[C@@H]2C1. The lowest BCUT2D eigenvalue weighted by Crippen LogP contribution is -2.35. The number of benzene rings is 1. The molecule has 0 unspecified atom stereocenters. The highest BCUT2D eigenvalue weighted by Crippen LogP contribution is 2.32. The van der Waals surface area contributed by atoms with Gasteiger partial charge in [-0.2, -0.15) is 4.31 Å². The minimum absolute atomic E-state index is 0.0376. The van der Waals surface area contributed by atoms with Crippen LogP contribution >= 0.6 is 0 Å². The molecule has 2 aliphatic heterocycles. The van der Waals surface area contributed by atoms with E-state index in [1.165, 1.54) is 41.4 Å². The third-order valence-corrected chi connectivity index (χ3v) is 7.09. The quantitative estimate of drug-likeness (QED) is 0.823. The molecule has 0 amide bonds.